The average Bonchev–Trinajstić information content (AvgIpc) is 3.04. The molecule has 2 amide bonds. The summed E-state index contributed by atoms with van der Waals surface area (Å²) in [6.07, 6.45) is -0.422. The third-order valence-electron chi connectivity index (χ3n) is 4.20. The molecule has 1 aromatic rings. The van der Waals surface area contributed by atoms with E-state index < -0.39 is 24.0 Å². The number of carbonyl (C=O) groups is 2. The normalized spacial score (nSPS) is 20.5. The molecular weight excluding hydrogens is 298 g/mol. The Hall–Kier alpha value is -2.08. The largest absolute Gasteiger partial charge is 0.466 e. The highest BCUT2D eigenvalue weighted by Crippen LogP contribution is 2.33. The van der Waals surface area contributed by atoms with Crippen LogP contribution in [0, 0.1) is 18.8 Å². The molecule has 0 radical (unpaired) electrons. The number of amides is 2. The molecule has 0 aromatic carbocycles. The number of furan rings is 1. The van der Waals surface area contributed by atoms with Gasteiger partial charge in [-0.25, -0.2) is 9.69 Å². The third kappa shape index (κ3) is 3.17. The summed E-state index contributed by atoms with van der Waals surface area (Å²) in [6, 6.07) is 1.36. The first kappa shape index (κ1) is 17.3. The monoisotopic (exact) mass is 321 g/mol. The van der Waals surface area contributed by atoms with Crippen LogP contribution in [-0.4, -0.2) is 34.7 Å². The predicted octanol–water partition coefficient (Wildman–Crippen LogP) is 2.82. The Morgan fingerprint density at radius 3 is 2.61 bits per heavy atom. The zero-order valence-corrected chi connectivity index (χ0v) is 13.9. The second kappa shape index (κ2) is 6.58. The second-order valence-electron chi connectivity index (χ2n) is 6.33. The molecule has 2 rings (SSSR count). The zero-order valence-electron chi connectivity index (χ0n) is 13.9. The molecule has 1 aliphatic heterocycles. The molecule has 1 aliphatic rings. The molecule has 0 unspecified atom stereocenters. The SMILES string of the molecule is C=C(C)[C@H](C(=O)N1C(=O)OC[C@@H]1C(C)C)[C@H](O)c1occc1C. The molecule has 0 bridgehead atoms. The Labute approximate surface area is 135 Å². The fraction of sp³-hybridized carbons (Fsp3) is 0.529. The van der Waals surface area contributed by atoms with E-state index in [-0.39, 0.29) is 18.6 Å². The third-order valence-corrected chi connectivity index (χ3v) is 4.20. The van der Waals surface area contributed by atoms with Crippen LogP contribution in [0.15, 0.2) is 28.9 Å². The minimum absolute atomic E-state index is 0.0543. The Bertz CT molecular complexity index is 618. The molecule has 2 heterocycles. The number of aliphatic hydroxyl groups is 1. The number of aliphatic hydroxyl groups excluding tert-OH is 1. The van der Waals surface area contributed by atoms with Crippen LogP contribution in [0.1, 0.15) is 38.2 Å². The molecule has 0 spiro atoms. The van der Waals surface area contributed by atoms with E-state index in [4.69, 9.17) is 9.15 Å². The lowest BCUT2D eigenvalue weighted by atomic mass is 9.90. The molecule has 23 heavy (non-hydrogen) atoms. The van der Waals surface area contributed by atoms with Gasteiger partial charge in [-0.2, -0.15) is 0 Å². The minimum Gasteiger partial charge on any atom is -0.466 e. The maximum Gasteiger partial charge on any atom is 0.417 e. The predicted molar refractivity (Wildman–Crippen MR) is 83.5 cm³/mol. The zero-order chi connectivity index (χ0) is 17.3. The van der Waals surface area contributed by atoms with Crippen LogP contribution in [0.3, 0.4) is 0 Å². The van der Waals surface area contributed by atoms with E-state index in [1.165, 1.54) is 6.26 Å². The van der Waals surface area contributed by atoms with E-state index in [0.717, 1.165) is 10.5 Å². The molecule has 6 heteroatoms. The van der Waals surface area contributed by atoms with Gasteiger partial charge in [-0.3, -0.25) is 4.79 Å². The number of carbonyl (C=O) groups excluding carboxylic acids is 2. The molecular formula is C17H23NO5. The highest BCUT2D eigenvalue weighted by molar-refractivity contribution is 5.96. The summed E-state index contributed by atoms with van der Waals surface area (Å²) in [6.45, 7) is 11.2. The first-order valence-corrected chi connectivity index (χ1v) is 7.63. The summed E-state index contributed by atoms with van der Waals surface area (Å²) in [5.74, 6) is -1.12. The van der Waals surface area contributed by atoms with Gasteiger partial charge in [0.1, 0.15) is 18.5 Å². The lowest BCUT2D eigenvalue weighted by Crippen LogP contribution is -2.46. The number of nitrogens with zero attached hydrogens (tertiary/aromatic N) is 1. The van der Waals surface area contributed by atoms with E-state index in [1.54, 1.807) is 19.9 Å². The van der Waals surface area contributed by atoms with Crippen LogP contribution in [-0.2, 0) is 9.53 Å². The van der Waals surface area contributed by atoms with Gasteiger partial charge in [-0.1, -0.05) is 26.0 Å². The van der Waals surface area contributed by atoms with Crippen molar-refractivity contribution < 1.29 is 23.8 Å². The van der Waals surface area contributed by atoms with Crippen LogP contribution < -0.4 is 0 Å². The number of ether oxygens (including phenoxy) is 1. The van der Waals surface area contributed by atoms with Gasteiger partial charge in [0.05, 0.1) is 18.2 Å². The number of aryl methyl sites for hydroxylation is 1. The van der Waals surface area contributed by atoms with Gasteiger partial charge in [0, 0.05) is 0 Å². The van der Waals surface area contributed by atoms with Gasteiger partial charge in [0.2, 0.25) is 5.91 Å². The molecule has 1 saturated heterocycles. The summed E-state index contributed by atoms with van der Waals surface area (Å²) < 4.78 is 10.3. The Morgan fingerprint density at radius 1 is 1.48 bits per heavy atom. The molecule has 1 aromatic heterocycles. The van der Waals surface area contributed by atoms with Crippen molar-refractivity contribution in [3.63, 3.8) is 0 Å². The van der Waals surface area contributed by atoms with Crippen molar-refractivity contribution in [3.05, 3.63) is 35.8 Å². The lowest BCUT2D eigenvalue weighted by molar-refractivity contribution is -0.136. The summed E-state index contributed by atoms with van der Waals surface area (Å²) in [5.41, 5.74) is 1.20. The number of rotatable bonds is 5. The smallest absolute Gasteiger partial charge is 0.417 e. The second-order valence-corrected chi connectivity index (χ2v) is 6.33. The van der Waals surface area contributed by atoms with Crippen LogP contribution >= 0.6 is 0 Å². The molecule has 0 aliphatic carbocycles. The summed E-state index contributed by atoms with van der Waals surface area (Å²) in [7, 11) is 0. The highest BCUT2D eigenvalue weighted by atomic mass is 16.6. The highest BCUT2D eigenvalue weighted by Gasteiger charge is 2.45. The minimum atomic E-state index is -1.20. The Morgan fingerprint density at radius 2 is 2.13 bits per heavy atom. The van der Waals surface area contributed by atoms with Crippen molar-refractivity contribution in [2.75, 3.05) is 6.61 Å². The summed E-state index contributed by atoms with van der Waals surface area (Å²) in [5, 5.41) is 10.6. The molecule has 126 valence electrons. The number of hydrogen-bond donors (Lipinski definition) is 1. The molecule has 6 nitrogen and oxygen atoms in total. The maximum absolute atomic E-state index is 12.9. The van der Waals surface area contributed by atoms with Gasteiger partial charge >= 0.3 is 6.09 Å². The van der Waals surface area contributed by atoms with Gasteiger partial charge < -0.3 is 14.3 Å². The molecule has 0 saturated carbocycles. The maximum atomic E-state index is 12.9. The van der Waals surface area contributed by atoms with E-state index in [0.29, 0.717) is 11.3 Å². The van der Waals surface area contributed by atoms with Crippen LogP contribution in [0.4, 0.5) is 4.79 Å². The van der Waals surface area contributed by atoms with Crippen molar-refractivity contribution in [2.45, 2.75) is 39.8 Å². The number of hydrogen-bond acceptors (Lipinski definition) is 5. The molecule has 3 atom stereocenters. The molecule has 1 fully saturated rings. The van der Waals surface area contributed by atoms with Crippen LogP contribution in [0.5, 0.6) is 0 Å². The molecule has 1 N–H and O–H groups in total. The van der Waals surface area contributed by atoms with Crippen molar-refractivity contribution in [1.82, 2.24) is 4.90 Å². The van der Waals surface area contributed by atoms with Gasteiger partial charge in [0.25, 0.3) is 0 Å². The standard InChI is InChI=1S/C17H23NO5/c1-9(2)12-8-23-17(21)18(12)16(20)13(10(3)4)14(19)15-11(5)6-7-22-15/h6-7,9,12-14,19H,3,8H2,1-2,4-5H3/t12-,13+,14+/m1/s1. The van der Waals surface area contributed by atoms with Crippen LogP contribution in [0.25, 0.3) is 0 Å². The van der Waals surface area contributed by atoms with Crippen molar-refractivity contribution >= 4 is 12.0 Å². The first-order valence-electron chi connectivity index (χ1n) is 7.63. The fourth-order valence-electron chi connectivity index (χ4n) is 2.78. The lowest BCUT2D eigenvalue weighted by Gasteiger charge is -2.29. The van der Waals surface area contributed by atoms with E-state index in [1.807, 2.05) is 13.8 Å². The first-order chi connectivity index (χ1) is 10.8. The van der Waals surface area contributed by atoms with Crippen molar-refractivity contribution in [2.24, 2.45) is 11.8 Å². The van der Waals surface area contributed by atoms with Gasteiger partial charge in [0.15, 0.2) is 0 Å². The van der Waals surface area contributed by atoms with E-state index in [9.17, 15) is 14.7 Å². The fourth-order valence-corrected chi connectivity index (χ4v) is 2.78. The quantitative estimate of drug-likeness (QED) is 0.844. The summed E-state index contributed by atoms with van der Waals surface area (Å²) in [4.78, 5) is 26.0. The Balaban J connectivity index is 2.34. The van der Waals surface area contributed by atoms with E-state index >= 15 is 0 Å². The van der Waals surface area contributed by atoms with Gasteiger partial charge in [-0.15, -0.1) is 0 Å². The van der Waals surface area contributed by atoms with E-state index in [2.05, 4.69) is 6.58 Å². The topological polar surface area (TPSA) is 80.0 Å². The average molecular weight is 321 g/mol. The number of cyclic esters (lactones) is 1. The summed E-state index contributed by atoms with van der Waals surface area (Å²) >= 11 is 0. The van der Waals surface area contributed by atoms with Crippen molar-refractivity contribution in [1.29, 1.82) is 0 Å². The Kier molecular flexibility index (Phi) is 4.94. The number of imide groups is 1. The van der Waals surface area contributed by atoms with Gasteiger partial charge in [-0.05, 0) is 31.4 Å². The van der Waals surface area contributed by atoms with Crippen LogP contribution in [0.2, 0.25) is 0 Å². The van der Waals surface area contributed by atoms with Crippen molar-refractivity contribution in [3.8, 4) is 0 Å².